The van der Waals surface area contributed by atoms with Crippen LogP contribution in [-0.4, -0.2) is 30.7 Å². The molecule has 4 aromatic rings. The number of anilines is 1. The largest absolute Gasteiger partial charge is 0.495 e. The molecule has 8 heteroatoms. The van der Waals surface area contributed by atoms with Crippen LogP contribution in [0.3, 0.4) is 0 Å². The highest BCUT2D eigenvalue weighted by Gasteiger charge is 2.37. The summed E-state index contributed by atoms with van der Waals surface area (Å²) in [5, 5.41) is 1.12. The van der Waals surface area contributed by atoms with E-state index in [1.165, 1.54) is 11.3 Å². The monoisotopic (exact) mass is 496 g/mol. The summed E-state index contributed by atoms with van der Waals surface area (Å²) in [7, 11) is 3.20. The molecular weight excluding hydrogens is 472 g/mol. The standard InChI is InChI=1S/C26H25ClN2O4S/c1-26(2,33-19-12-10-18(27)11-13-19)24(30)29(16-17-8-6-5-7-9-17)25-28-22-20(31-3)14-15-21(32-4)23(22)34-25/h5-15H,16H2,1-4H3. The second-order valence-electron chi connectivity index (χ2n) is 8.09. The fourth-order valence-electron chi connectivity index (χ4n) is 3.55. The van der Waals surface area contributed by atoms with Crippen LogP contribution in [0.4, 0.5) is 5.13 Å². The summed E-state index contributed by atoms with van der Waals surface area (Å²) in [5.41, 5.74) is 0.440. The number of carbonyl (C=O) groups excluding carboxylic acids is 1. The number of ether oxygens (including phenoxy) is 3. The minimum absolute atomic E-state index is 0.233. The third-order valence-electron chi connectivity index (χ3n) is 5.26. The normalized spacial score (nSPS) is 11.3. The van der Waals surface area contributed by atoms with E-state index in [4.69, 9.17) is 30.8 Å². The lowest BCUT2D eigenvalue weighted by Crippen LogP contribution is -2.48. The van der Waals surface area contributed by atoms with E-state index >= 15 is 0 Å². The zero-order valence-corrected chi connectivity index (χ0v) is 20.9. The Morgan fingerprint density at radius 2 is 1.62 bits per heavy atom. The molecule has 4 rings (SSSR count). The van der Waals surface area contributed by atoms with E-state index in [0.717, 1.165) is 10.3 Å². The van der Waals surface area contributed by atoms with Gasteiger partial charge in [0.2, 0.25) is 0 Å². The molecule has 0 fully saturated rings. The molecule has 3 aromatic carbocycles. The fraction of sp³-hybridized carbons (Fsp3) is 0.231. The van der Waals surface area contributed by atoms with Crippen LogP contribution in [0.15, 0.2) is 66.7 Å². The zero-order valence-electron chi connectivity index (χ0n) is 19.4. The van der Waals surface area contributed by atoms with Crippen LogP contribution in [0.1, 0.15) is 19.4 Å². The lowest BCUT2D eigenvalue weighted by molar-refractivity contribution is -0.131. The van der Waals surface area contributed by atoms with Crippen molar-refractivity contribution in [3.8, 4) is 17.2 Å². The van der Waals surface area contributed by atoms with Gasteiger partial charge in [-0.15, -0.1) is 0 Å². The molecule has 0 aliphatic carbocycles. The van der Waals surface area contributed by atoms with Crippen molar-refractivity contribution >= 4 is 44.2 Å². The number of nitrogens with zero attached hydrogens (tertiary/aromatic N) is 2. The van der Waals surface area contributed by atoms with Gasteiger partial charge in [0.1, 0.15) is 27.5 Å². The maximum absolute atomic E-state index is 13.9. The molecule has 0 spiro atoms. The minimum Gasteiger partial charge on any atom is -0.495 e. The van der Waals surface area contributed by atoms with Crippen molar-refractivity contribution < 1.29 is 19.0 Å². The predicted octanol–water partition coefficient (Wildman–Crippen LogP) is 6.36. The van der Waals surface area contributed by atoms with Crippen LogP contribution in [-0.2, 0) is 11.3 Å². The summed E-state index contributed by atoms with van der Waals surface area (Å²) in [6.45, 7) is 3.82. The van der Waals surface area contributed by atoms with Gasteiger partial charge in [0.15, 0.2) is 10.7 Å². The van der Waals surface area contributed by atoms with Gasteiger partial charge in [-0.3, -0.25) is 9.69 Å². The molecule has 0 saturated carbocycles. The molecule has 176 valence electrons. The molecule has 0 saturated heterocycles. The SMILES string of the molecule is COc1ccc(OC)c2sc(N(Cc3ccccc3)C(=O)C(C)(C)Oc3ccc(Cl)cc3)nc12. The number of halogens is 1. The van der Waals surface area contributed by atoms with Crippen LogP contribution in [0.2, 0.25) is 5.02 Å². The number of aromatic nitrogens is 1. The van der Waals surface area contributed by atoms with Crippen molar-refractivity contribution in [2.24, 2.45) is 0 Å². The van der Waals surface area contributed by atoms with Crippen molar-refractivity contribution in [3.05, 3.63) is 77.3 Å². The Balaban J connectivity index is 1.76. The lowest BCUT2D eigenvalue weighted by atomic mass is 10.1. The van der Waals surface area contributed by atoms with Gasteiger partial charge in [-0.2, -0.15) is 0 Å². The molecule has 0 aliphatic rings. The van der Waals surface area contributed by atoms with Crippen LogP contribution < -0.4 is 19.1 Å². The number of thiazole rings is 1. The van der Waals surface area contributed by atoms with Gasteiger partial charge in [-0.1, -0.05) is 53.3 Å². The molecule has 1 heterocycles. The van der Waals surface area contributed by atoms with Gasteiger partial charge in [-0.25, -0.2) is 4.98 Å². The topological polar surface area (TPSA) is 60.9 Å². The van der Waals surface area contributed by atoms with E-state index in [-0.39, 0.29) is 5.91 Å². The van der Waals surface area contributed by atoms with Gasteiger partial charge in [0, 0.05) is 5.02 Å². The third kappa shape index (κ3) is 4.95. The van der Waals surface area contributed by atoms with Crippen LogP contribution in [0.25, 0.3) is 10.2 Å². The highest BCUT2D eigenvalue weighted by atomic mass is 35.5. The maximum atomic E-state index is 13.9. The van der Waals surface area contributed by atoms with Gasteiger partial charge < -0.3 is 14.2 Å². The summed E-state index contributed by atoms with van der Waals surface area (Å²) >= 11 is 7.37. The Morgan fingerprint density at radius 1 is 0.971 bits per heavy atom. The van der Waals surface area contributed by atoms with E-state index in [9.17, 15) is 4.79 Å². The molecule has 0 unspecified atom stereocenters. The average Bonchev–Trinajstić information content (AvgIpc) is 3.29. The first-order chi connectivity index (χ1) is 16.3. The molecule has 1 amide bonds. The smallest absolute Gasteiger partial charge is 0.272 e. The maximum Gasteiger partial charge on any atom is 0.272 e. The number of amides is 1. The number of fused-ring (bicyclic) bond motifs is 1. The zero-order chi connectivity index (χ0) is 24.3. The number of hydrogen-bond donors (Lipinski definition) is 0. The second kappa shape index (κ2) is 9.91. The van der Waals surface area contributed by atoms with E-state index < -0.39 is 5.60 Å². The second-order valence-corrected chi connectivity index (χ2v) is 9.50. The molecule has 6 nitrogen and oxygen atoms in total. The first kappa shape index (κ1) is 23.9. The highest BCUT2D eigenvalue weighted by Crippen LogP contribution is 2.41. The van der Waals surface area contributed by atoms with Crippen LogP contribution in [0, 0.1) is 0 Å². The van der Waals surface area contributed by atoms with Crippen molar-refractivity contribution in [2.75, 3.05) is 19.1 Å². The first-order valence-corrected chi connectivity index (χ1v) is 11.8. The van der Waals surface area contributed by atoms with Gasteiger partial charge in [-0.05, 0) is 55.8 Å². The Bertz CT molecular complexity index is 1250. The molecule has 0 N–H and O–H groups in total. The Hall–Kier alpha value is -3.29. The van der Waals surface area contributed by atoms with Crippen molar-refractivity contribution in [2.45, 2.75) is 26.0 Å². The summed E-state index contributed by atoms with van der Waals surface area (Å²) in [5.74, 6) is 1.60. The van der Waals surface area contributed by atoms with Crippen LogP contribution >= 0.6 is 22.9 Å². The van der Waals surface area contributed by atoms with Crippen molar-refractivity contribution in [3.63, 3.8) is 0 Å². The molecular formula is C26H25ClN2O4S. The average molecular weight is 497 g/mol. The molecule has 1 aromatic heterocycles. The fourth-order valence-corrected chi connectivity index (χ4v) is 4.75. The predicted molar refractivity (Wildman–Crippen MR) is 137 cm³/mol. The summed E-state index contributed by atoms with van der Waals surface area (Å²) in [6, 6.07) is 20.4. The Morgan fingerprint density at radius 3 is 2.26 bits per heavy atom. The van der Waals surface area contributed by atoms with E-state index in [2.05, 4.69) is 0 Å². The molecule has 0 atom stereocenters. The minimum atomic E-state index is -1.17. The third-order valence-corrected chi connectivity index (χ3v) is 6.61. The summed E-state index contributed by atoms with van der Waals surface area (Å²) in [4.78, 5) is 20.3. The van der Waals surface area contributed by atoms with Gasteiger partial charge in [0.25, 0.3) is 5.91 Å². The van der Waals surface area contributed by atoms with Gasteiger partial charge >= 0.3 is 0 Å². The molecule has 0 bridgehead atoms. The number of methoxy groups -OCH3 is 2. The molecule has 0 aliphatic heterocycles. The Kier molecular flexibility index (Phi) is 6.95. The number of benzene rings is 3. The number of hydrogen-bond acceptors (Lipinski definition) is 6. The van der Waals surface area contributed by atoms with E-state index in [0.29, 0.717) is 39.5 Å². The quantitative estimate of drug-likeness (QED) is 0.284. The van der Waals surface area contributed by atoms with E-state index in [1.807, 2.05) is 42.5 Å². The van der Waals surface area contributed by atoms with Crippen molar-refractivity contribution in [1.82, 2.24) is 4.98 Å². The van der Waals surface area contributed by atoms with Crippen LogP contribution in [0.5, 0.6) is 17.2 Å². The Labute approximate surface area is 207 Å². The van der Waals surface area contributed by atoms with E-state index in [1.54, 1.807) is 57.2 Å². The first-order valence-electron chi connectivity index (χ1n) is 10.6. The van der Waals surface area contributed by atoms with Crippen molar-refractivity contribution in [1.29, 1.82) is 0 Å². The lowest BCUT2D eigenvalue weighted by Gasteiger charge is -2.31. The summed E-state index contributed by atoms with van der Waals surface area (Å²) < 4.78 is 17.9. The highest BCUT2D eigenvalue weighted by molar-refractivity contribution is 7.22. The number of rotatable bonds is 8. The molecule has 34 heavy (non-hydrogen) atoms. The van der Waals surface area contributed by atoms with Gasteiger partial charge in [0.05, 0.1) is 20.8 Å². The number of carbonyl (C=O) groups is 1. The molecule has 0 radical (unpaired) electrons. The summed E-state index contributed by atoms with van der Waals surface area (Å²) in [6.07, 6.45) is 0.